The molecule has 1 atom stereocenters. The lowest BCUT2D eigenvalue weighted by Crippen LogP contribution is -2.31. The van der Waals surface area contributed by atoms with Gasteiger partial charge in [0.2, 0.25) is 0 Å². The van der Waals surface area contributed by atoms with Crippen LogP contribution in [0, 0.1) is 12.8 Å². The summed E-state index contributed by atoms with van der Waals surface area (Å²) in [7, 11) is 4.13. The van der Waals surface area contributed by atoms with E-state index in [0.717, 1.165) is 18.0 Å². The number of halogens is 1. The van der Waals surface area contributed by atoms with E-state index in [4.69, 9.17) is 0 Å². The molecule has 1 unspecified atom stereocenters. The molecule has 1 N–H and O–H groups in total. The molecule has 1 heterocycles. The van der Waals surface area contributed by atoms with E-state index in [-0.39, 0.29) is 0 Å². The molecule has 1 aromatic heterocycles. The van der Waals surface area contributed by atoms with Crippen LogP contribution in [0.1, 0.15) is 49.9 Å². The maximum atomic E-state index is 4.49. The van der Waals surface area contributed by atoms with Crippen molar-refractivity contribution in [2.24, 2.45) is 13.0 Å². The molecule has 1 saturated carbocycles. The molecule has 1 aromatic rings. The van der Waals surface area contributed by atoms with Gasteiger partial charge in [0, 0.05) is 19.5 Å². The molecule has 0 saturated heterocycles. The normalized spacial score (nSPS) is 18.7. The summed E-state index contributed by atoms with van der Waals surface area (Å²) >= 11 is 3.67. The van der Waals surface area contributed by atoms with Crippen molar-refractivity contribution >= 4 is 15.9 Å². The molecule has 108 valence electrons. The van der Waals surface area contributed by atoms with Crippen molar-refractivity contribution in [3.8, 4) is 0 Å². The Hall–Kier alpha value is -0.350. The third-order valence-electron chi connectivity index (χ3n) is 4.45. The molecule has 0 aromatic carbocycles. The van der Waals surface area contributed by atoms with E-state index in [1.165, 1.54) is 48.7 Å². The SMILES string of the molecule is CNC(Cc1c(Br)c(C)nn1C)CC1CCCCC1. The van der Waals surface area contributed by atoms with E-state index in [1.54, 1.807) is 0 Å². The molecule has 0 spiro atoms. The van der Waals surface area contributed by atoms with Gasteiger partial charge in [-0.15, -0.1) is 0 Å². The molecule has 2 rings (SSSR count). The highest BCUT2D eigenvalue weighted by atomic mass is 79.9. The molecular formula is C15H26BrN3. The number of hydrogen-bond donors (Lipinski definition) is 1. The fourth-order valence-electron chi connectivity index (χ4n) is 3.26. The molecule has 19 heavy (non-hydrogen) atoms. The summed E-state index contributed by atoms with van der Waals surface area (Å²) in [6, 6.07) is 0.564. The first-order valence-electron chi connectivity index (χ1n) is 7.47. The molecule has 1 fully saturated rings. The number of aromatic nitrogens is 2. The molecule has 1 aliphatic carbocycles. The van der Waals surface area contributed by atoms with Crippen LogP contribution in [0.25, 0.3) is 0 Å². The van der Waals surface area contributed by atoms with Crippen LogP contribution in [0.2, 0.25) is 0 Å². The lowest BCUT2D eigenvalue weighted by atomic mass is 9.84. The lowest BCUT2D eigenvalue weighted by molar-refractivity contribution is 0.301. The minimum atomic E-state index is 0.564. The number of nitrogens with one attached hydrogen (secondary N) is 1. The molecule has 0 amide bonds. The van der Waals surface area contributed by atoms with Crippen LogP contribution in [0.4, 0.5) is 0 Å². The van der Waals surface area contributed by atoms with Gasteiger partial charge < -0.3 is 5.32 Å². The summed E-state index contributed by atoms with van der Waals surface area (Å²) in [5.41, 5.74) is 2.40. The first-order chi connectivity index (χ1) is 9.11. The first-order valence-corrected chi connectivity index (χ1v) is 8.26. The fourth-order valence-corrected chi connectivity index (χ4v) is 3.76. The molecule has 3 nitrogen and oxygen atoms in total. The Kier molecular flexibility index (Phi) is 5.46. The van der Waals surface area contributed by atoms with Crippen molar-refractivity contribution in [2.75, 3.05) is 7.05 Å². The number of aryl methyl sites for hydroxylation is 2. The maximum absolute atomic E-state index is 4.49. The van der Waals surface area contributed by atoms with Crippen LogP contribution >= 0.6 is 15.9 Å². The highest BCUT2D eigenvalue weighted by Gasteiger charge is 2.21. The van der Waals surface area contributed by atoms with Gasteiger partial charge in [-0.05, 0) is 42.2 Å². The lowest BCUT2D eigenvalue weighted by Gasteiger charge is -2.26. The average Bonchev–Trinajstić information content (AvgIpc) is 2.65. The Labute approximate surface area is 125 Å². The van der Waals surface area contributed by atoms with Crippen LogP contribution in [-0.2, 0) is 13.5 Å². The zero-order chi connectivity index (χ0) is 13.8. The highest BCUT2D eigenvalue weighted by Crippen LogP contribution is 2.29. The van der Waals surface area contributed by atoms with Crippen molar-refractivity contribution in [3.63, 3.8) is 0 Å². The quantitative estimate of drug-likeness (QED) is 0.895. The van der Waals surface area contributed by atoms with Gasteiger partial charge in [-0.2, -0.15) is 5.10 Å². The zero-order valence-electron chi connectivity index (χ0n) is 12.4. The van der Waals surface area contributed by atoms with E-state index >= 15 is 0 Å². The Balaban J connectivity index is 1.98. The van der Waals surface area contributed by atoms with Crippen molar-refractivity contribution in [3.05, 3.63) is 15.9 Å². The van der Waals surface area contributed by atoms with Gasteiger partial charge in [0.1, 0.15) is 0 Å². The van der Waals surface area contributed by atoms with E-state index in [9.17, 15) is 0 Å². The number of rotatable bonds is 5. The summed E-state index contributed by atoms with van der Waals surface area (Å²) in [6.45, 7) is 2.06. The largest absolute Gasteiger partial charge is 0.317 e. The molecule has 0 bridgehead atoms. The van der Waals surface area contributed by atoms with E-state index in [2.05, 4.69) is 40.3 Å². The van der Waals surface area contributed by atoms with Crippen LogP contribution in [0.5, 0.6) is 0 Å². The smallest absolute Gasteiger partial charge is 0.0738 e. The Morgan fingerprint density at radius 2 is 2.05 bits per heavy atom. The van der Waals surface area contributed by atoms with Gasteiger partial charge in [0.25, 0.3) is 0 Å². The minimum absolute atomic E-state index is 0.564. The van der Waals surface area contributed by atoms with Crippen molar-refractivity contribution < 1.29 is 0 Å². The highest BCUT2D eigenvalue weighted by molar-refractivity contribution is 9.10. The monoisotopic (exact) mass is 327 g/mol. The summed E-state index contributed by atoms with van der Waals surface area (Å²) in [5, 5.41) is 7.99. The second kappa shape index (κ2) is 6.89. The minimum Gasteiger partial charge on any atom is -0.317 e. The van der Waals surface area contributed by atoms with E-state index < -0.39 is 0 Å². The van der Waals surface area contributed by atoms with Gasteiger partial charge in [-0.1, -0.05) is 32.1 Å². The van der Waals surface area contributed by atoms with Crippen molar-refractivity contribution in [1.29, 1.82) is 0 Å². The number of likely N-dealkylation sites (N-methyl/N-ethyl adjacent to an activating group) is 1. The third-order valence-corrected chi connectivity index (χ3v) is 5.48. The molecule has 0 radical (unpaired) electrons. The Morgan fingerprint density at radius 1 is 1.37 bits per heavy atom. The van der Waals surface area contributed by atoms with Crippen molar-refractivity contribution in [1.82, 2.24) is 15.1 Å². The van der Waals surface area contributed by atoms with Gasteiger partial charge in [0.15, 0.2) is 0 Å². The topological polar surface area (TPSA) is 29.9 Å². The van der Waals surface area contributed by atoms with Crippen LogP contribution in [-0.4, -0.2) is 22.9 Å². The van der Waals surface area contributed by atoms with Gasteiger partial charge in [-0.25, -0.2) is 0 Å². The molecule has 4 heteroatoms. The van der Waals surface area contributed by atoms with Gasteiger partial charge >= 0.3 is 0 Å². The Bertz CT molecular complexity index is 408. The number of hydrogen-bond acceptors (Lipinski definition) is 2. The summed E-state index contributed by atoms with van der Waals surface area (Å²) in [6.07, 6.45) is 9.49. The zero-order valence-corrected chi connectivity index (χ0v) is 14.0. The predicted molar refractivity (Wildman–Crippen MR) is 83.4 cm³/mol. The maximum Gasteiger partial charge on any atom is 0.0738 e. The summed E-state index contributed by atoms with van der Waals surface area (Å²) in [4.78, 5) is 0. The second-order valence-electron chi connectivity index (χ2n) is 5.90. The standard InChI is InChI=1S/C15H26BrN3/c1-11-15(16)14(19(3)18-11)10-13(17-2)9-12-7-5-4-6-8-12/h12-13,17H,4-10H2,1-3H3. The van der Waals surface area contributed by atoms with Gasteiger partial charge in [0.05, 0.1) is 15.9 Å². The summed E-state index contributed by atoms with van der Waals surface area (Å²) in [5.74, 6) is 0.916. The number of nitrogens with zero attached hydrogens (tertiary/aromatic N) is 2. The summed E-state index contributed by atoms with van der Waals surface area (Å²) < 4.78 is 3.20. The predicted octanol–water partition coefficient (Wildman–Crippen LogP) is 3.59. The second-order valence-corrected chi connectivity index (χ2v) is 6.69. The van der Waals surface area contributed by atoms with Crippen LogP contribution in [0.15, 0.2) is 4.47 Å². The van der Waals surface area contributed by atoms with Crippen LogP contribution < -0.4 is 5.32 Å². The van der Waals surface area contributed by atoms with Gasteiger partial charge in [-0.3, -0.25) is 4.68 Å². The van der Waals surface area contributed by atoms with Crippen LogP contribution in [0.3, 0.4) is 0 Å². The van der Waals surface area contributed by atoms with E-state index in [0.29, 0.717) is 6.04 Å². The average molecular weight is 328 g/mol. The molecular weight excluding hydrogens is 302 g/mol. The first kappa shape index (κ1) is 15.0. The molecule has 0 aliphatic heterocycles. The Morgan fingerprint density at radius 3 is 2.58 bits per heavy atom. The fraction of sp³-hybridized carbons (Fsp3) is 0.800. The molecule has 1 aliphatic rings. The third kappa shape index (κ3) is 3.82. The van der Waals surface area contributed by atoms with Crippen molar-refractivity contribution in [2.45, 2.75) is 57.9 Å². The van der Waals surface area contributed by atoms with E-state index in [1.807, 2.05) is 11.7 Å².